The summed E-state index contributed by atoms with van der Waals surface area (Å²) in [4.78, 5) is 10.1. The molecule has 11 heavy (non-hydrogen) atoms. The number of hydrogen-bond acceptors (Lipinski definition) is 1. The van der Waals surface area contributed by atoms with E-state index >= 15 is 0 Å². The normalized spacial score (nSPS) is 14.3. The fraction of sp³-hybridized carbons (Fsp3) is 0.800. The molecular formula is C5H7ClF3NO. The van der Waals surface area contributed by atoms with E-state index in [4.69, 9.17) is 11.6 Å². The van der Waals surface area contributed by atoms with E-state index in [2.05, 4.69) is 0 Å². The summed E-state index contributed by atoms with van der Waals surface area (Å²) in [5, 5.41) is 1.67. The van der Waals surface area contributed by atoms with Crippen molar-refractivity contribution >= 4 is 17.5 Å². The molecule has 0 heterocycles. The summed E-state index contributed by atoms with van der Waals surface area (Å²) in [6.07, 6.45) is -4.82. The molecule has 0 spiro atoms. The minimum absolute atomic E-state index is 0.0399. The van der Waals surface area contributed by atoms with Crippen LogP contribution in [-0.2, 0) is 4.79 Å². The fourth-order valence-electron chi connectivity index (χ4n) is 0.344. The number of rotatable bonds is 2. The van der Waals surface area contributed by atoms with Crippen LogP contribution in [0.15, 0.2) is 0 Å². The van der Waals surface area contributed by atoms with E-state index in [1.165, 1.54) is 6.92 Å². The van der Waals surface area contributed by atoms with E-state index in [-0.39, 0.29) is 5.88 Å². The Bertz CT molecular complexity index is 147. The molecule has 1 unspecified atom stereocenters. The number of halogens is 4. The second kappa shape index (κ2) is 3.80. The second-order valence-corrected chi connectivity index (χ2v) is 2.34. The largest absolute Gasteiger partial charge is 0.471 e. The van der Waals surface area contributed by atoms with Gasteiger partial charge in [-0.25, -0.2) is 0 Å². The Morgan fingerprint density at radius 1 is 1.64 bits per heavy atom. The molecule has 1 N–H and O–H groups in total. The molecular weight excluding hydrogens is 183 g/mol. The molecule has 0 saturated heterocycles. The lowest BCUT2D eigenvalue weighted by atomic mass is 10.4. The van der Waals surface area contributed by atoms with Crippen LogP contribution >= 0.6 is 11.6 Å². The van der Waals surface area contributed by atoms with E-state index in [0.29, 0.717) is 0 Å². The summed E-state index contributed by atoms with van der Waals surface area (Å²) in [5.74, 6) is -1.99. The topological polar surface area (TPSA) is 29.1 Å². The molecule has 0 aliphatic carbocycles. The van der Waals surface area contributed by atoms with Crippen molar-refractivity contribution in [2.24, 2.45) is 0 Å². The Kier molecular flexibility index (Phi) is 3.65. The van der Waals surface area contributed by atoms with E-state index in [1.54, 1.807) is 5.32 Å². The van der Waals surface area contributed by atoms with Gasteiger partial charge in [0.1, 0.15) is 0 Å². The highest BCUT2D eigenvalue weighted by Crippen LogP contribution is 2.14. The first-order chi connectivity index (χ1) is 4.88. The van der Waals surface area contributed by atoms with Crippen molar-refractivity contribution in [1.82, 2.24) is 5.32 Å². The average Bonchev–Trinajstić information content (AvgIpc) is 1.85. The van der Waals surface area contributed by atoms with E-state index in [1.807, 2.05) is 0 Å². The number of carbonyl (C=O) groups is 1. The smallest absolute Gasteiger partial charge is 0.345 e. The third-order valence-electron chi connectivity index (χ3n) is 0.866. The first kappa shape index (κ1) is 10.6. The molecule has 0 aromatic carbocycles. The second-order valence-electron chi connectivity index (χ2n) is 2.03. The van der Waals surface area contributed by atoms with Crippen LogP contribution in [0.25, 0.3) is 0 Å². The summed E-state index contributed by atoms with van der Waals surface area (Å²) in [5.41, 5.74) is 0. The van der Waals surface area contributed by atoms with Crippen molar-refractivity contribution in [3.8, 4) is 0 Å². The number of alkyl halides is 4. The predicted octanol–water partition coefficient (Wildman–Crippen LogP) is 1.29. The number of nitrogens with one attached hydrogen (secondary N) is 1. The highest BCUT2D eigenvalue weighted by Gasteiger charge is 2.38. The maximum atomic E-state index is 11.5. The highest BCUT2D eigenvalue weighted by molar-refractivity contribution is 6.18. The monoisotopic (exact) mass is 189 g/mol. The molecule has 0 fully saturated rings. The molecule has 0 saturated carbocycles. The maximum absolute atomic E-state index is 11.5. The van der Waals surface area contributed by atoms with Gasteiger partial charge in [-0.15, -0.1) is 11.6 Å². The zero-order valence-corrected chi connectivity index (χ0v) is 6.46. The summed E-state index contributed by atoms with van der Waals surface area (Å²) in [6, 6.07) is -0.661. The average molecular weight is 190 g/mol. The molecule has 0 rings (SSSR count). The van der Waals surface area contributed by atoms with Crippen LogP contribution in [0.4, 0.5) is 13.2 Å². The zero-order chi connectivity index (χ0) is 9.07. The Morgan fingerprint density at radius 3 is 2.36 bits per heavy atom. The van der Waals surface area contributed by atoms with Crippen molar-refractivity contribution in [2.75, 3.05) is 5.88 Å². The zero-order valence-electron chi connectivity index (χ0n) is 5.70. The van der Waals surface area contributed by atoms with Gasteiger partial charge in [-0.1, -0.05) is 0 Å². The molecule has 66 valence electrons. The summed E-state index contributed by atoms with van der Waals surface area (Å²) < 4.78 is 34.5. The van der Waals surface area contributed by atoms with Gasteiger partial charge < -0.3 is 5.32 Å². The van der Waals surface area contributed by atoms with Crippen LogP contribution < -0.4 is 5.32 Å². The first-order valence-corrected chi connectivity index (χ1v) is 3.35. The van der Waals surface area contributed by atoms with Crippen LogP contribution in [-0.4, -0.2) is 24.0 Å². The van der Waals surface area contributed by atoms with Crippen LogP contribution in [0, 0.1) is 0 Å². The molecule has 0 aliphatic heterocycles. The van der Waals surface area contributed by atoms with Gasteiger partial charge in [-0.3, -0.25) is 4.79 Å². The molecule has 0 radical (unpaired) electrons. The Labute approximate surface area is 66.7 Å². The summed E-state index contributed by atoms with van der Waals surface area (Å²) in [6.45, 7) is 1.39. The van der Waals surface area contributed by atoms with Gasteiger partial charge in [0.25, 0.3) is 0 Å². The lowest BCUT2D eigenvalue weighted by molar-refractivity contribution is -0.174. The summed E-state index contributed by atoms with van der Waals surface area (Å²) >= 11 is 5.16. The third kappa shape index (κ3) is 4.08. The van der Waals surface area contributed by atoms with Crippen LogP contribution in [0.3, 0.4) is 0 Å². The lowest BCUT2D eigenvalue weighted by Gasteiger charge is -2.11. The minimum Gasteiger partial charge on any atom is -0.345 e. The van der Waals surface area contributed by atoms with Crippen molar-refractivity contribution in [2.45, 2.75) is 19.1 Å². The highest BCUT2D eigenvalue weighted by atomic mass is 35.5. The van der Waals surface area contributed by atoms with Crippen molar-refractivity contribution in [3.05, 3.63) is 0 Å². The van der Waals surface area contributed by atoms with E-state index in [0.717, 1.165) is 0 Å². The number of carbonyl (C=O) groups excluding carboxylic acids is 1. The van der Waals surface area contributed by atoms with Gasteiger partial charge in [0.15, 0.2) is 0 Å². The Balaban J connectivity index is 3.88. The van der Waals surface area contributed by atoms with Crippen molar-refractivity contribution in [1.29, 1.82) is 0 Å². The van der Waals surface area contributed by atoms with Gasteiger partial charge in [0, 0.05) is 11.9 Å². The molecule has 1 amide bonds. The van der Waals surface area contributed by atoms with Gasteiger partial charge in [-0.05, 0) is 6.92 Å². The number of amides is 1. The maximum Gasteiger partial charge on any atom is 0.471 e. The molecule has 1 atom stereocenters. The van der Waals surface area contributed by atoms with Gasteiger partial charge in [-0.2, -0.15) is 13.2 Å². The standard InChI is InChI=1S/C5H7ClF3NO/c1-3(2-6)10-4(11)5(7,8)9/h3H,2H2,1H3,(H,10,11). The molecule has 0 aromatic rings. The fourth-order valence-corrected chi connectivity index (χ4v) is 0.421. The first-order valence-electron chi connectivity index (χ1n) is 2.81. The summed E-state index contributed by atoms with van der Waals surface area (Å²) in [7, 11) is 0. The van der Waals surface area contributed by atoms with E-state index < -0.39 is 18.1 Å². The Hall–Kier alpha value is -0.450. The van der Waals surface area contributed by atoms with Crippen LogP contribution in [0.5, 0.6) is 0 Å². The minimum atomic E-state index is -4.82. The number of hydrogen-bond donors (Lipinski definition) is 1. The van der Waals surface area contributed by atoms with Gasteiger partial charge in [0.05, 0.1) is 0 Å². The van der Waals surface area contributed by atoms with Crippen LogP contribution in [0.1, 0.15) is 6.92 Å². The van der Waals surface area contributed by atoms with Gasteiger partial charge >= 0.3 is 12.1 Å². The molecule has 0 aliphatic rings. The van der Waals surface area contributed by atoms with Crippen molar-refractivity contribution in [3.63, 3.8) is 0 Å². The molecule has 6 heteroatoms. The Morgan fingerprint density at radius 2 is 2.09 bits per heavy atom. The SMILES string of the molecule is CC(CCl)NC(=O)C(F)(F)F. The predicted molar refractivity (Wildman–Crippen MR) is 34.4 cm³/mol. The van der Waals surface area contributed by atoms with E-state index in [9.17, 15) is 18.0 Å². The van der Waals surface area contributed by atoms with Crippen molar-refractivity contribution < 1.29 is 18.0 Å². The van der Waals surface area contributed by atoms with Crippen LogP contribution in [0.2, 0.25) is 0 Å². The lowest BCUT2D eigenvalue weighted by Crippen LogP contribution is -2.42. The molecule has 0 aromatic heterocycles. The third-order valence-corrected chi connectivity index (χ3v) is 1.33. The quantitative estimate of drug-likeness (QED) is 0.652. The molecule has 2 nitrogen and oxygen atoms in total. The molecule has 0 bridgehead atoms. The van der Waals surface area contributed by atoms with Gasteiger partial charge in [0.2, 0.25) is 0 Å².